The molecule has 0 aliphatic carbocycles. The second-order valence-corrected chi connectivity index (χ2v) is 10.1. The van der Waals surface area contributed by atoms with Crippen molar-refractivity contribution in [1.82, 2.24) is 14.9 Å². The van der Waals surface area contributed by atoms with Crippen LogP contribution in [-0.4, -0.2) is 45.7 Å². The van der Waals surface area contributed by atoms with Crippen LogP contribution in [0.2, 0.25) is 0 Å². The fraction of sp³-hybridized carbons (Fsp3) is 0.500. The van der Waals surface area contributed by atoms with E-state index in [2.05, 4.69) is 24.4 Å². The highest BCUT2D eigenvalue weighted by molar-refractivity contribution is 8.00. The molecule has 1 aromatic heterocycles. The molecule has 8 heteroatoms. The fourth-order valence-corrected chi connectivity index (χ4v) is 5.73. The van der Waals surface area contributed by atoms with Gasteiger partial charge in [0.1, 0.15) is 0 Å². The maximum Gasteiger partial charge on any atom is 0.268 e. The first-order chi connectivity index (χ1) is 14.6. The van der Waals surface area contributed by atoms with Gasteiger partial charge in [0.15, 0.2) is 5.16 Å². The number of benzene rings is 1. The molecule has 2 atom stereocenters. The van der Waals surface area contributed by atoms with Crippen molar-refractivity contribution in [2.75, 3.05) is 18.9 Å². The number of nitrogens with zero attached hydrogens (tertiary/aromatic N) is 2. The van der Waals surface area contributed by atoms with Crippen LogP contribution in [0.4, 0.5) is 0 Å². The quantitative estimate of drug-likeness (QED) is 0.498. The van der Waals surface area contributed by atoms with Crippen molar-refractivity contribution in [1.29, 1.82) is 0 Å². The molecule has 1 amide bonds. The highest BCUT2D eigenvalue weighted by Gasteiger charge is 2.26. The van der Waals surface area contributed by atoms with E-state index in [1.807, 2.05) is 18.2 Å². The van der Waals surface area contributed by atoms with Crippen LogP contribution in [0.3, 0.4) is 0 Å². The van der Waals surface area contributed by atoms with Gasteiger partial charge in [-0.25, -0.2) is 4.98 Å². The molecule has 2 aromatic rings. The molecule has 2 unspecified atom stereocenters. The van der Waals surface area contributed by atoms with Crippen LogP contribution in [0.5, 0.6) is 0 Å². The van der Waals surface area contributed by atoms with Gasteiger partial charge in [-0.3, -0.25) is 14.2 Å². The molecule has 160 valence electrons. The molecule has 1 aromatic carbocycles. The largest absolute Gasteiger partial charge is 0.376 e. The summed E-state index contributed by atoms with van der Waals surface area (Å²) in [5.74, 6) is 0.189. The number of hydrogen-bond acceptors (Lipinski definition) is 6. The number of amides is 1. The summed E-state index contributed by atoms with van der Waals surface area (Å²) < 4.78 is 7.30. The van der Waals surface area contributed by atoms with Gasteiger partial charge in [0.2, 0.25) is 5.91 Å². The first-order valence-electron chi connectivity index (χ1n) is 10.5. The minimum atomic E-state index is -0.0531. The van der Waals surface area contributed by atoms with E-state index in [1.165, 1.54) is 17.3 Å². The molecule has 3 heterocycles. The van der Waals surface area contributed by atoms with E-state index in [0.29, 0.717) is 23.5 Å². The SMILES string of the molecule is CC1Cc2nc(SCC(=O)NCC3CCCO3)n(CCc3ccccc3)c(=O)c2S1. The molecule has 2 aliphatic rings. The normalized spacial score (nSPS) is 20.3. The summed E-state index contributed by atoms with van der Waals surface area (Å²) in [4.78, 5) is 31.0. The average Bonchev–Trinajstić information content (AvgIpc) is 3.40. The summed E-state index contributed by atoms with van der Waals surface area (Å²) in [7, 11) is 0. The van der Waals surface area contributed by atoms with Gasteiger partial charge in [-0.15, -0.1) is 11.8 Å². The van der Waals surface area contributed by atoms with Gasteiger partial charge in [-0.05, 0) is 24.8 Å². The molecular weight excluding hydrogens is 418 g/mol. The number of carbonyl (C=O) groups excluding carboxylic acids is 1. The Labute approximate surface area is 185 Å². The minimum absolute atomic E-state index is 0.0209. The minimum Gasteiger partial charge on any atom is -0.376 e. The number of ether oxygens (including phenoxy) is 1. The van der Waals surface area contributed by atoms with E-state index >= 15 is 0 Å². The Morgan fingerprint density at radius 1 is 1.37 bits per heavy atom. The van der Waals surface area contributed by atoms with Crippen LogP contribution < -0.4 is 10.9 Å². The van der Waals surface area contributed by atoms with E-state index in [9.17, 15) is 9.59 Å². The molecule has 0 spiro atoms. The molecule has 1 N–H and O–H groups in total. The second-order valence-electron chi connectivity index (χ2n) is 7.72. The standard InChI is InChI=1S/C22H27N3O3S2/c1-15-12-18-20(30-15)21(27)25(10-9-16-6-3-2-4-7-16)22(24-18)29-14-19(26)23-13-17-8-5-11-28-17/h2-4,6-7,15,17H,5,8-14H2,1H3,(H,23,26). The van der Waals surface area contributed by atoms with Crippen LogP contribution in [0.25, 0.3) is 0 Å². The van der Waals surface area contributed by atoms with Crippen molar-refractivity contribution in [2.24, 2.45) is 0 Å². The number of thioether (sulfide) groups is 2. The Morgan fingerprint density at radius 2 is 2.20 bits per heavy atom. The zero-order valence-corrected chi connectivity index (χ0v) is 18.8. The number of nitrogens with one attached hydrogen (secondary N) is 1. The molecule has 0 radical (unpaired) electrons. The van der Waals surface area contributed by atoms with Crippen LogP contribution in [0, 0.1) is 0 Å². The molecule has 2 aliphatic heterocycles. The van der Waals surface area contributed by atoms with Crippen LogP contribution in [0.1, 0.15) is 31.0 Å². The van der Waals surface area contributed by atoms with Gasteiger partial charge in [0, 0.05) is 31.4 Å². The van der Waals surface area contributed by atoms with E-state index < -0.39 is 0 Å². The van der Waals surface area contributed by atoms with Crippen molar-refractivity contribution < 1.29 is 9.53 Å². The third-order valence-electron chi connectivity index (χ3n) is 5.31. The second kappa shape index (κ2) is 10.0. The lowest BCUT2D eigenvalue weighted by Crippen LogP contribution is -2.33. The van der Waals surface area contributed by atoms with Crippen LogP contribution >= 0.6 is 23.5 Å². The lowest BCUT2D eigenvalue weighted by molar-refractivity contribution is -0.119. The zero-order chi connectivity index (χ0) is 20.9. The summed E-state index contributed by atoms with van der Waals surface area (Å²) in [5.41, 5.74) is 2.07. The maximum atomic E-state index is 13.2. The number of carbonyl (C=O) groups is 1. The molecule has 0 saturated carbocycles. The van der Waals surface area contributed by atoms with Crippen molar-refractivity contribution >= 4 is 29.4 Å². The molecule has 1 saturated heterocycles. The number of fused-ring (bicyclic) bond motifs is 1. The lowest BCUT2D eigenvalue weighted by atomic mass is 10.1. The third kappa shape index (κ3) is 5.28. The fourth-order valence-electron chi connectivity index (χ4n) is 3.74. The summed E-state index contributed by atoms with van der Waals surface area (Å²) in [6.45, 7) is 3.99. The summed E-state index contributed by atoms with van der Waals surface area (Å²) in [6.07, 6.45) is 3.72. The van der Waals surface area contributed by atoms with Gasteiger partial charge in [0.05, 0.1) is 22.4 Å². The Balaban J connectivity index is 1.46. The predicted octanol–water partition coefficient (Wildman–Crippen LogP) is 2.91. The van der Waals surface area contributed by atoms with Crippen molar-refractivity contribution in [3.05, 3.63) is 51.9 Å². The number of aromatic nitrogens is 2. The molecule has 1 fully saturated rings. The first-order valence-corrected chi connectivity index (χ1v) is 12.3. The lowest BCUT2D eigenvalue weighted by Gasteiger charge is -2.14. The van der Waals surface area contributed by atoms with Gasteiger partial charge in [-0.1, -0.05) is 49.0 Å². The maximum absolute atomic E-state index is 13.2. The zero-order valence-electron chi connectivity index (χ0n) is 17.1. The van der Waals surface area contributed by atoms with Gasteiger partial charge in [-0.2, -0.15) is 0 Å². The van der Waals surface area contributed by atoms with E-state index in [4.69, 9.17) is 9.72 Å². The van der Waals surface area contributed by atoms with Gasteiger partial charge in [0.25, 0.3) is 5.56 Å². The number of rotatable bonds is 8. The summed E-state index contributed by atoms with van der Waals surface area (Å²) in [6, 6.07) is 10.1. The third-order valence-corrected chi connectivity index (χ3v) is 7.50. The number of hydrogen-bond donors (Lipinski definition) is 1. The molecule has 4 rings (SSSR count). The van der Waals surface area contributed by atoms with Gasteiger partial charge < -0.3 is 10.1 Å². The molecular formula is C22H27N3O3S2. The van der Waals surface area contributed by atoms with Crippen molar-refractivity contribution in [2.45, 2.75) is 60.6 Å². The predicted molar refractivity (Wildman–Crippen MR) is 120 cm³/mol. The van der Waals surface area contributed by atoms with E-state index in [0.717, 1.165) is 42.9 Å². The number of aryl methyl sites for hydroxylation is 1. The van der Waals surface area contributed by atoms with Crippen molar-refractivity contribution in [3.63, 3.8) is 0 Å². The van der Waals surface area contributed by atoms with Crippen molar-refractivity contribution in [3.8, 4) is 0 Å². The Morgan fingerprint density at radius 3 is 2.97 bits per heavy atom. The summed E-state index contributed by atoms with van der Waals surface area (Å²) in [5, 5.41) is 3.94. The highest BCUT2D eigenvalue weighted by atomic mass is 32.2. The molecule has 0 bridgehead atoms. The van der Waals surface area contributed by atoms with E-state index in [1.54, 1.807) is 16.3 Å². The van der Waals surface area contributed by atoms with Gasteiger partial charge >= 0.3 is 0 Å². The Kier molecular flexibility index (Phi) is 7.17. The van der Waals surface area contributed by atoms with E-state index in [-0.39, 0.29) is 23.3 Å². The first kappa shape index (κ1) is 21.5. The monoisotopic (exact) mass is 445 g/mol. The topological polar surface area (TPSA) is 73.2 Å². The molecule has 6 nitrogen and oxygen atoms in total. The van der Waals surface area contributed by atoms with Crippen LogP contribution in [-0.2, 0) is 28.9 Å². The smallest absolute Gasteiger partial charge is 0.268 e. The summed E-state index contributed by atoms with van der Waals surface area (Å²) >= 11 is 2.95. The Bertz CT molecular complexity index is 943. The van der Waals surface area contributed by atoms with Crippen LogP contribution in [0.15, 0.2) is 45.2 Å². The highest BCUT2D eigenvalue weighted by Crippen LogP contribution is 2.34. The Hall–Kier alpha value is -1.77. The average molecular weight is 446 g/mol. The molecule has 30 heavy (non-hydrogen) atoms.